The Morgan fingerprint density at radius 3 is 1.94 bits per heavy atom. The van der Waals surface area contributed by atoms with Gasteiger partial charge in [0.2, 0.25) is 0 Å². The predicted octanol–water partition coefficient (Wildman–Crippen LogP) is 0.368. The second-order valence-corrected chi connectivity index (χ2v) is 6.85. The molecule has 0 amide bonds. The Kier molecular flexibility index (Phi) is 4.51. The lowest BCUT2D eigenvalue weighted by atomic mass is 9.86. The van der Waals surface area contributed by atoms with Crippen LogP contribution in [-0.4, -0.2) is 55.3 Å². The summed E-state index contributed by atoms with van der Waals surface area (Å²) in [6.07, 6.45) is 2.32. The van der Waals surface area contributed by atoms with E-state index in [2.05, 4.69) is 0 Å². The summed E-state index contributed by atoms with van der Waals surface area (Å²) in [6.45, 7) is 0. The molecule has 0 unspecified atom stereocenters. The molecule has 0 radical (unpaired) electrons. The fourth-order valence-corrected chi connectivity index (χ4v) is 3.24. The highest BCUT2D eigenvalue weighted by Crippen LogP contribution is 2.28. The summed E-state index contributed by atoms with van der Waals surface area (Å²) in [5, 5.41) is 8.87. The number of carbonyl (C=O) groups is 1. The van der Waals surface area contributed by atoms with Gasteiger partial charge < -0.3 is 5.11 Å². The van der Waals surface area contributed by atoms with E-state index >= 15 is 0 Å². The summed E-state index contributed by atoms with van der Waals surface area (Å²) in [4.78, 5) is 10.8. The largest absolute Gasteiger partial charge is 0.481 e. The number of aliphatic carboxylic acids is 1. The van der Waals surface area contributed by atoms with E-state index in [1.807, 2.05) is 0 Å². The molecule has 6 nitrogen and oxygen atoms in total. The topological polar surface area (TPSA) is 77.9 Å². The van der Waals surface area contributed by atoms with Crippen LogP contribution in [0.4, 0.5) is 0 Å². The van der Waals surface area contributed by atoms with E-state index in [0.29, 0.717) is 25.7 Å². The molecular formula is C10H20N2O4S. The van der Waals surface area contributed by atoms with E-state index in [-0.39, 0.29) is 12.0 Å². The molecule has 1 aliphatic rings. The summed E-state index contributed by atoms with van der Waals surface area (Å²) >= 11 is 0. The Labute approximate surface area is 102 Å². The third-order valence-electron chi connectivity index (χ3n) is 3.39. The second kappa shape index (κ2) is 5.32. The average molecular weight is 264 g/mol. The molecule has 0 aromatic heterocycles. The third kappa shape index (κ3) is 3.17. The molecule has 0 aromatic carbocycles. The van der Waals surface area contributed by atoms with Crippen LogP contribution in [0.25, 0.3) is 0 Å². The van der Waals surface area contributed by atoms with Crippen molar-refractivity contribution in [3.8, 4) is 0 Å². The van der Waals surface area contributed by atoms with E-state index in [4.69, 9.17) is 5.11 Å². The van der Waals surface area contributed by atoms with Crippen molar-refractivity contribution < 1.29 is 18.3 Å². The van der Waals surface area contributed by atoms with Gasteiger partial charge in [-0.3, -0.25) is 4.79 Å². The van der Waals surface area contributed by atoms with Crippen LogP contribution < -0.4 is 0 Å². The number of rotatable bonds is 4. The van der Waals surface area contributed by atoms with Gasteiger partial charge in [0.1, 0.15) is 0 Å². The molecule has 1 rings (SSSR count). The smallest absolute Gasteiger partial charge is 0.306 e. The number of hydrogen-bond donors (Lipinski definition) is 1. The Morgan fingerprint density at radius 2 is 1.59 bits per heavy atom. The first kappa shape index (κ1) is 14.4. The maximum atomic E-state index is 11.9. The molecule has 100 valence electrons. The Balaban J connectivity index is 2.63. The normalized spacial score (nSPS) is 26.4. The molecule has 1 aliphatic carbocycles. The summed E-state index contributed by atoms with van der Waals surface area (Å²) in [7, 11) is 1.15. The lowest BCUT2D eigenvalue weighted by Gasteiger charge is -2.33. The molecule has 1 N–H and O–H groups in total. The van der Waals surface area contributed by atoms with E-state index in [1.54, 1.807) is 7.05 Å². The molecule has 1 fully saturated rings. The van der Waals surface area contributed by atoms with Crippen LogP contribution in [0, 0.1) is 5.92 Å². The molecule has 0 atom stereocenters. The average Bonchev–Trinajstić information content (AvgIpc) is 2.27. The van der Waals surface area contributed by atoms with Crippen molar-refractivity contribution in [2.45, 2.75) is 31.7 Å². The molecule has 0 heterocycles. The fraction of sp³-hybridized carbons (Fsp3) is 0.900. The quantitative estimate of drug-likeness (QED) is 0.795. The van der Waals surface area contributed by atoms with Crippen molar-refractivity contribution in [1.82, 2.24) is 8.61 Å². The van der Waals surface area contributed by atoms with Gasteiger partial charge in [0.15, 0.2) is 0 Å². The lowest BCUT2D eigenvalue weighted by Crippen LogP contribution is -2.45. The van der Waals surface area contributed by atoms with Gasteiger partial charge in [-0.15, -0.1) is 0 Å². The Hall–Kier alpha value is -0.660. The van der Waals surface area contributed by atoms with Crippen molar-refractivity contribution in [2.24, 2.45) is 5.92 Å². The van der Waals surface area contributed by atoms with Crippen LogP contribution in [0.2, 0.25) is 0 Å². The van der Waals surface area contributed by atoms with Crippen LogP contribution in [-0.2, 0) is 15.0 Å². The highest BCUT2D eigenvalue weighted by molar-refractivity contribution is 7.86. The van der Waals surface area contributed by atoms with Crippen molar-refractivity contribution in [1.29, 1.82) is 0 Å². The van der Waals surface area contributed by atoms with E-state index < -0.39 is 16.2 Å². The summed E-state index contributed by atoms with van der Waals surface area (Å²) in [5.74, 6) is -1.09. The maximum absolute atomic E-state index is 11.9. The molecule has 0 spiro atoms. The van der Waals surface area contributed by atoms with Crippen LogP contribution in [0.1, 0.15) is 25.7 Å². The van der Waals surface area contributed by atoms with Crippen molar-refractivity contribution in [3.05, 3.63) is 0 Å². The first-order chi connectivity index (χ1) is 7.76. The van der Waals surface area contributed by atoms with Crippen LogP contribution >= 0.6 is 0 Å². The summed E-state index contributed by atoms with van der Waals surface area (Å²) < 4.78 is 26.3. The SMILES string of the molecule is CN(C)S(=O)(=O)N(C)C1CCC(C(=O)O)CC1. The van der Waals surface area contributed by atoms with Crippen molar-refractivity contribution >= 4 is 16.2 Å². The van der Waals surface area contributed by atoms with Gasteiger partial charge in [-0.05, 0) is 25.7 Å². The van der Waals surface area contributed by atoms with Crippen LogP contribution in [0.5, 0.6) is 0 Å². The van der Waals surface area contributed by atoms with Gasteiger partial charge in [0.05, 0.1) is 5.92 Å². The van der Waals surface area contributed by atoms with Crippen molar-refractivity contribution in [3.63, 3.8) is 0 Å². The number of nitrogens with zero attached hydrogens (tertiary/aromatic N) is 2. The van der Waals surface area contributed by atoms with Gasteiger partial charge in [-0.25, -0.2) is 0 Å². The molecule has 0 aromatic rings. The van der Waals surface area contributed by atoms with Crippen LogP contribution in [0.15, 0.2) is 0 Å². The highest BCUT2D eigenvalue weighted by Gasteiger charge is 2.33. The van der Waals surface area contributed by atoms with Gasteiger partial charge in [-0.2, -0.15) is 17.0 Å². The maximum Gasteiger partial charge on any atom is 0.306 e. The minimum absolute atomic E-state index is 0.0852. The van der Waals surface area contributed by atoms with Gasteiger partial charge in [-0.1, -0.05) is 0 Å². The minimum atomic E-state index is -3.40. The number of hydrogen-bond acceptors (Lipinski definition) is 3. The first-order valence-electron chi connectivity index (χ1n) is 5.65. The predicted molar refractivity (Wildman–Crippen MR) is 63.8 cm³/mol. The Bertz CT molecular complexity index is 372. The summed E-state index contributed by atoms with van der Waals surface area (Å²) in [6, 6.07) is -0.0852. The van der Waals surface area contributed by atoms with Gasteiger partial charge in [0, 0.05) is 27.2 Å². The number of carboxylic acids is 1. The zero-order chi connectivity index (χ0) is 13.2. The first-order valence-corrected chi connectivity index (χ1v) is 7.04. The second-order valence-electron chi connectivity index (χ2n) is 4.65. The molecule has 0 bridgehead atoms. The molecule has 0 aliphatic heterocycles. The zero-order valence-corrected chi connectivity index (χ0v) is 11.3. The molecule has 7 heteroatoms. The summed E-state index contributed by atoms with van der Waals surface area (Å²) in [5.41, 5.74) is 0. The van der Waals surface area contributed by atoms with E-state index in [1.165, 1.54) is 22.7 Å². The number of carboxylic acid groups (broad SMARTS) is 1. The van der Waals surface area contributed by atoms with E-state index in [0.717, 1.165) is 0 Å². The monoisotopic (exact) mass is 264 g/mol. The standard InChI is InChI=1S/C10H20N2O4S/c1-11(2)17(15,16)12(3)9-6-4-8(5-7-9)10(13)14/h8-9H,4-7H2,1-3H3,(H,13,14). The highest BCUT2D eigenvalue weighted by atomic mass is 32.2. The molecule has 17 heavy (non-hydrogen) atoms. The van der Waals surface area contributed by atoms with E-state index in [9.17, 15) is 13.2 Å². The minimum Gasteiger partial charge on any atom is -0.481 e. The third-order valence-corrected chi connectivity index (χ3v) is 5.33. The lowest BCUT2D eigenvalue weighted by molar-refractivity contribution is -0.143. The zero-order valence-electron chi connectivity index (χ0n) is 10.5. The Morgan fingerprint density at radius 1 is 1.12 bits per heavy atom. The molecule has 0 saturated heterocycles. The fourth-order valence-electron chi connectivity index (χ4n) is 2.13. The van der Waals surface area contributed by atoms with Gasteiger partial charge in [0.25, 0.3) is 10.2 Å². The molecule has 1 saturated carbocycles. The van der Waals surface area contributed by atoms with Crippen LogP contribution in [0.3, 0.4) is 0 Å². The van der Waals surface area contributed by atoms with Gasteiger partial charge >= 0.3 is 5.97 Å². The molecular weight excluding hydrogens is 244 g/mol. The van der Waals surface area contributed by atoms with Crippen molar-refractivity contribution in [2.75, 3.05) is 21.1 Å².